The summed E-state index contributed by atoms with van der Waals surface area (Å²) >= 11 is 0. The Morgan fingerprint density at radius 2 is 1.93 bits per heavy atom. The van der Waals surface area contributed by atoms with Gasteiger partial charge in [0.2, 0.25) is 5.88 Å². The molecule has 0 unspecified atom stereocenters. The minimum atomic E-state index is -0.0277. The molecule has 1 aliphatic heterocycles. The molecule has 7 heteroatoms. The van der Waals surface area contributed by atoms with E-state index >= 15 is 0 Å². The average molecular weight is 405 g/mol. The van der Waals surface area contributed by atoms with E-state index in [0.717, 1.165) is 38.0 Å². The first-order valence-corrected chi connectivity index (χ1v) is 9.40. The van der Waals surface area contributed by atoms with Gasteiger partial charge in [-0.2, -0.15) is 0 Å². The molecule has 0 saturated carbocycles. The molecule has 1 fully saturated rings. The van der Waals surface area contributed by atoms with Crippen molar-refractivity contribution in [2.24, 2.45) is 0 Å². The Hall–Kier alpha value is -2.31. The minimum Gasteiger partial charge on any atom is -0.467 e. The largest absolute Gasteiger partial charge is 0.467 e. The normalized spacial score (nSPS) is 14.9. The lowest BCUT2D eigenvalue weighted by Crippen LogP contribution is -2.46. The fourth-order valence-corrected chi connectivity index (χ4v) is 3.42. The van der Waals surface area contributed by atoms with E-state index < -0.39 is 0 Å². The summed E-state index contributed by atoms with van der Waals surface area (Å²) in [6, 6.07) is 12.5. The maximum atomic E-state index is 12.5. The van der Waals surface area contributed by atoms with E-state index in [1.807, 2.05) is 24.9 Å². The van der Waals surface area contributed by atoms with Crippen LogP contribution >= 0.6 is 12.4 Å². The highest BCUT2D eigenvalue weighted by Gasteiger charge is 2.25. The standard InChI is InChI=1S/C21H28N4O2.ClH/c1-16-19(22)8-11-23-21(16)27-15-20(26)24(2)18-9-12-25(13-10-18)14-17-6-4-3-5-7-17;/h3-8,11,18H,9-10,12-15H2,1-2H3,(H2,22,23);1H. The number of likely N-dealkylation sites (N-methyl/N-ethyl adjacent to an activating group) is 1. The van der Waals surface area contributed by atoms with E-state index in [2.05, 4.69) is 34.1 Å². The number of nitrogen functional groups attached to an aromatic ring is 1. The van der Waals surface area contributed by atoms with Crippen LogP contribution < -0.4 is 10.5 Å². The number of likely N-dealkylation sites (tertiary alicyclic amines) is 1. The van der Waals surface area contributed by atoms with Crippen molar-refractivity contribution in [1.82, 2.24) is 14.8 Å². The number of carbonyl (C=O) groups excluding carboxylic acids is 1. The third kappa shape index (κ3) is 5.59. The number of hydrogen-bond acceptors (Lipinski definition) is 5. The molecule has 2 N–H and O–H groups in total. The Labute approximate surface area is 173 Å². The van der Waals surface area contributed by atoms with Crippen LogP contribution in [0.15, 0.2) is 42.6 Å². The van der Waals surface area contributed by atoms with Gasteiger partial charge in [0.05, 0.1) is 0 Å². The van der Waals surface area contributed by atoms with Gasteiger partial charge in [-0.3, -0.25) is 9.69 Å². The molecule has 0 atom stereocenters. The molecule has 3 rings (SSSR count). The van der Waals surface area contributed by atoms with Crippen LogP contribution in [0.25, 0.3) is 0 Å². The van der Waals surface area contributed by atoms with Crippen LogP contribution in [0, 0.1) is 6.92 Å². The number of nitrogens with two attached hydrogens (primary N) is 1. The molecular formula is C21H29ClN4O2. The van der Waals surface area contributed by atoms with Gasteiger partial charge in [-0.15, -0.1) is 12.4 Å². The van der Waals surface area contributed by atoms with Gasteiger partial charge in [0, 0.05) is 50.2 Å². The van der Waals surface area contributed by atoms with Crippen LogP contribution in [0.4, 0.5) is 5.69 Å². The van der Waals surface area contributed by atoms with Gasteiger partial charge in [-0.25, -0.2) is 4.98 Å². The number of halogens is 1. The molecule has 2 aromatic rings. The third-order valence-electron chi connectivity index (χ3n) is 5.28. The molecule has 0 aliphatic carbocycles. The van der Waals surface area contributed by atoms with Gasteiger partial charge < -0.3 is 15.4 Å². The Morgan fingerprint density at radius 3 is 2.61 bits per heavy atom. The van der Waals surface area contributed by atoms with Gasteiger partial charge in [-0.05, 0) is 31.4 Å². The second-order valence-electron chi connectivity index (χ2n) is 7.12. The van der Waals surface area contributed by atoms with Gasteiger partial charge in [-0.1, -0.05) is 30.3 Å². The van der Waals surface area contributed by atoms with Crippen molar-refractivity contribution in [2.75, 3.05) is 32.5 Å². The van der Waals surface area contributed by atoms with Crippen molar-refractivity contribution in [3.05, 3.63) is 53.7 Å². The summed E-state index contributed by atoms with van der Waals surface area (Å²) in [5.74, 6) is 0.398. The fourth-order valence-electron chi connectivity index (χ4n) is 3.42. The van der Waals surface area contributed by atoms with Gasteiger partial charge in [0.15, 0.2) is 6.61 Å². The van der Waals surface area contributed by atoms with Gasteiger partial charge >= 0.3 is 0 Å². The number of rotatable bonds is 6. The molecule has 1 aromatic carbocycles. The summed E-state index contributed by atoms with van der Waals surface area (Å²) in [7, 11) is 1.86. The van der Waals surface area contributed by atoms with E-state index in [1.54, 1.807) is 12.3 Å². The van der Waals surface area contributed by atoms with E-state index in [4.69, 9.17) is 10.5 Å². The molecule has 0 spiro atoms. The van der Waals surface area contributed by atoms with Crippen molar-refractivity contribution in [3.63, 3.8) is 0 Å². The molecule has 1 saturated heterocycles. The summed E-state index contributed by atoms with van der Waals surface area (Å²) in [6.07, 6.45) is 3.55. The van der Waals surface area contributed by atoms with Crippen molar-refractivity contribution in [2.45, 2.75) is 32.4 Å². The molecule has 0 bridgehead atoms. The zero-order chi connectivity index (χ0) is 19.2. The number of amides is 1. The van der Waals surface area contributed by atoms with E-state index in [-0.39, 0.29) is 31.0 Å². The van der Waals surface area contributed by atoms with Crippen LogP contribution in [-0.4, -0.2) is 53.5 Å². The highest BCUT2D eigenvalue weighted by molar-refractivity contribution is 5.85. The number of carbonyl (C=O) groups is 1. The number of anilines is 1. The summed E-state index contributed by atoms with van der Waals surface area (Å²) < 4.78 is 5.60. The molecule has 1 aromatic heterocycles. The van der Waals surface area contributed by atoms with Crippen molar-refractivity contribution in [3.8, 4) is 5.88 Å². The molecule has 6 nitrogen and oxygen atoms in total. The summed E-state index contributed by atoms with van der Waals surface area (Å²) in [5.41, 5.74) is 8.57. The maximum absolute atomic E-state index is 12.5. The second-order valence-corrected chi connectivity index (χ2v) is 7.12. The van der Waals surface area contributed by atoms with Gasteiger partial charge in [0.1, 0.15) is 0 Å². The predicted octanol–water partition coefficient (Wildman–Crippen LogP) is 2.90. The molecule has 152 valence electrons. The topological polar surface area (TPSA) is 71.7 Å². The Bertz CT molecular complexity index is 764. The molecule has 2 heterocycles. The molecule has 28 heavy (non-hydrogen) atoms. The first-order chi connectivity index (χ1) is 13.0. The summed E-state index contributed by atoms with van der Waals surface area (Å²) in [6.45, 7) is 4.78. The van der Waals surface area contributed by atoms with Crippen molar-refractivity contribution >= 4 is 24.0 Å². The van der Waals surface area contributed by atoms with Crippen LogP contribution in [0.2, 0.25) is 0 Å². The Balaban J connectivity index is 0.00000280. The lowest BCUT2D eigenvalue weighted by Gasteiger charge is -2.36. The number of nitrogens with zero attached hydrogens (tertiary/aromatic N) is 3. The Kier molecular flexibility index (Phi) is 8.08. The SMILES string of the molecule is Cc1c(N)ccnc1OCC(=O)N(C)C1CCN(Cc2ccccc2)CC1.Cl. The number of aromatic nitrogens is 1. The monoisotopic (exact) mass is 404 g/mol. The zero-order valence-electron chi connectivity index (χ0n) is 16.5. The predicted molar refractivity (Wildman–Crippen MR) is 114 cm³/mol. The molecular weight excluding hydrogens is 376 g/mol. The number of hydrogen-bond donors (Lipinski definition) is 1. The smallest absolute Gasteiger partial charge is 0.260 e. The molecule has 1 aliphatic rings. The minimum absolute atomic E-state index is 0. The quantitative estimate of drug-likeness (QED) is 0.801. The first kappa shape index (κ1) is 22.0. The van der Waals surface area contributed by atoms with Crippen LogP contribution in [0.1, 0.15) is 24.0 Å². The summed E-state index contributed by atoms with van der Waals surface area (Å²) in [5, 5.41) is 0. The second kappa shape index (κ2) is 10.3. The first-order valence-electron chi connectivity index (χ1n) is 9.40. The number of ether oxygens (including phenoxy) is 1. The van der Waals surface area contributed by atoms with Crippen LogP contribution in [0.3, 0.4) is 0 Å². The third-order valence-corrected chi connectivity index (χ3v) is 5.28. The number of benzene rings is 1. The van der Waals surface area contributed by atoms with Crippen molar-refractivity contribution < 1.29 is 9.53 Å². The highest BCUT2D eigenvalue weighted by atomic mass is 35.5. The number of pyridine rings is 1. The highest BCUT2D eigenvalue weighted by Crippen LogP contribution is 2.21. The zero-order valence-corrected chi connectivity index (χ0v) is 17.3. The lowest BCUT2D eigenvalue weighted by molar-refractivity contribution is -0.135. The van der Waals surface area contributed by atoms with Gasteiger partial charge in [0.25, 0.3) is 5.91 Å². The van der Waals surface area contributed by atoms with E-state index in [1.165, 1.54) is 5.56 Å². The average Bonchev–Trinajstić information content (AvgIpc) is 2.70. The maximum Gasteiger partial charge on any atom is 0.260 e. The summed E-state index contributed by atoms with van der Waals surface area (Å²) in [4.78, 5) is 20.9. The Morgan fingerprint density at radius 1 is 1.25 bits per heavy atom. The lowest BCUT2D eigenvalue weighted by atomic mass is 10.0. The number of piperidine rings is 1. The fraction of sp³-hybridized carbons (Fsp3) is 0.429. The molecule has 0 radical (unpaired) electrons. The van der Waals surface area contributed by atoms with Crippen LogP contribution in [-0.2, 0) is 11.3 Å². The van der Waals surface area contributed by atoms with E-state index in [0.29, 0.717) is 11.6 Å². The molecule has 1 amide bonds. The van der Waals surface area contributed by atoms with Crippen molar-refractivity contribution in [1.29, 1.82) is 0 Å². The van der Waals surface area contributed by atoms with Crippen LogP contribution in [0.5, 0.6) is 5.88 Å². The van der Waals surface area contributed by atoms with E-state index in [9.17, 15) is 4.79 Å².